The number of carbonyl (C=O) groups is 3. The maximum atomic E-state index is 13.7. The Morgan fingerprint density at radius 3 is 2.31 bits per heavy atom. The first-order valence-electron chi connectivity index (χ1n) is 14.0. The highest BCUT2D eigenvalue weighted by atomic mass is 16.6. The van der Waals surface area contributed by atoms with E-state index < -0.39 is 29.4 Å². The number of rotatable bonds is 8. The molecule has 3 amide bonds. The van der Waals surface area contributed by atoms with E-state index >= 15 is 0 Å². The summed E-state index contributed by atoms with van der Waals surface area (Å²) in [5.74, 6) is 0.358. The van der Waals surface area contributed by atoms with Crippen molar-refractivity contribution in [3.8, 4) is 0 Å². The summed E-state index contributed by atoms with van der Waals surface area (Å²) in [6, 6.07) is 14.3. The first-order chi connectivity index (χ1) is 18.3. The third kappa shape index (κ3) is 7.43. The van der Waals surface area contributed by atoms with E-state index in [1.807, 2.05) is 31.7 Å². The lowest BCUT2D eigenvalue weighted by Crippen LogP contribution is -2.50. The minimum atomic E-state index is -0.687. The average Bonchev–Trinajstić information content (AvgIpc) is 3.40. The monoisotopic (exact) mass is 537 g/mol. The molecule has 2 fully saturated rings. The van der Waals surface area contributed by atoms with E-state index in [-0.39, 0.29) is 11.3 Å². The Kier molecular flexibility index (Phi) is 8.14. The van der Waals surface area contributed by atoms with E-state index in [2.05, 4.69) is 47.0 Å². The van der Waals surface area contributed by atoms with Crippen LogP contribution < -0.4 is 10.6 Å². The predicted molar refractivity (Wildman–Crippen MR) is 152 cm³/mol. The number of fused-ring (bicyclic) bond motifs is 2. The summed E-state index contributed by atoms with van der Waals surface area (Å²) < 4.78 is 10.7. The van der Waals surface area contributed by atoms with Gasteiger partial charge in [-0.15, -0.1) is 0 Å². The molecule has 0 unspecified atom stereocenters. The van der Waals surface area contributed by atoms with Crippen LogP contribution in [-0.2, 0) is 19.7 Å². The van der Waals surface area contributed by atoms with Gasteiger partial charge in [-0.05, 0) is 89.5 Å². The topological polar surface area (TPSA) is 97.0 Å². The summed E-state index contributed by atoms with van der Waals surface area (Å²) in [4.78, 5) is 40.1. The number of hydrogen-bond acceptors (Lipinski definition) is 5. The third-order valence-electron chi connectivity index (χ3n) is 7.36. The number of unbranched alkanes of at least 4 members (excludes halogenated alkanes) is 1. The van der Waals surface area contributed by atoms with Crippen molar-refractivity contribution in [2.24, 2.45) is 5.92 Å². The van der Waals surface area contributed by atoms with Gasteiger partial charge in [0.15, 0.2) is 0 Å². The van der Waals surface area contributed by atoms with Crippen LogP contribution in [0, 0.1) is 5.92 Å². The first kappa shape index (κ1) is 28.7. The van der Waals surface area contributed by atoms with E-state index in [9.17, 15) is 14.4 Å². The van der Waals surface area contributed by atoms with Crippen LogP contribution in [0.1, 0.15) is 72.8 Å². The lowest BCUT2D eigenvalue weighted by Gasteiger charge is -2.28. The molecule has 0 aromatic heterocycles. The van der Waals surface area contributed by atoms with Crippen molar-refractivity contribution in [2.75, 3.05) is 19.6 Å². The molecule has 2 N–H and O–H groups in total. The lowest BCUT2D eigenvalue weighted by atomic mass is 9.92. The number of likely N-dealkylation sites (tertiary alicyclic amines) is 1. The maximum absolute atomic E-state index is 13.7. The van der Waals surface area contributed by atoms with Crippen LogP contribution in [0.5, 0.6) is 0 Å². The Balaban J connectivity index is 1.37. The van der Waals surface area contributed by atoms with Gasteiger partial charge in [0, 0.05) is 25.0 Å². The van der Waals surface area contributed by atoms with Gasteiger partial charge >= 0.3 is 12.2 Å². The lowest BCUT2D eigenvalue weighted by molar-refractivity contribution is -0.133. The molecule has 0 spiro atoms. The van der Waals surface area contributed by atoms with Crippen LogP contribution in [0.15, 0.2) is 42.5 Å². The van der Waals surface area contributed by atoms with Gasteiger partial charge in [0.25, 0.3) is 0 Å². The second-order valence-electron chi connectivity index (χ2n) is 13.0. The number of alkyl carbamates (subject to hydrolysis) is 2. The summed E-state index contributed by atoms with van der Waals surface area (Å²) in [7, 11) is 0. The Labute approximate surface area is 231 Å². The Morgan fingerprint density at radius 1 is 0.949 bits per heavy atom. The summed E-state index contributed by atoms with van der Waals surface area (Å²) in [6.07, 6.45) is 1.78. The zero-order valence-corrected chi connectivity index (χ0v) is 24.1. The number of piperidine rings is 1. The van der Waals surface area contributed by atoms with E-state index in [1.54, 1.807) is 20.8 Å². The molecule has 39 heavy (non-hydrogen) atoms. The number of hydrogen-bond donors (Lipinski definition) is 2. The number of amides is 3. The number of benzene rings is 2. The molecular weight excluding hydrogens is 494 g/mol. The largest absolute Gasteiger partial charge is 0.444 e. The SMILES string of the molecule is CC(C)(C)OC(=O)NCCCC[C@H](NC(=O)OC(C)(C)C)C(=O)N1C[C@H]2C[C@@]2(c2ccc3ccccc3c2)C1. The van der Waals surface area contributed by atoms with Gasteiger partial charge in [0.05, 0.1) is 0 Å². The molecule has 2 aromatic rings. The molecule has 2 aromatic carbocycles. The van der Waals surface area contributed by atoms with Gasteiger partial charge < -0.3 is 25.0 Å². The highest BCUT2D eigenvalue weighted by Crippen LogP contribution is 2.59. The first-order valence-corrected chi connectivity index (χ1v) is 14.0. The fraction of sp³-hybridized carbons (Fsp3) is 0.581. The van der Waals surface area contributed by atoms with Gasteiger partial charge in [-0.25, -0.2) is 9.59 Å². The van der Waals surface area contributed by atoms with Gasteiger partial charge in [0.1, 0.15) is 17.2 Å². The number of nitrogens with zero attached hydrogens (tertiary/aromatic N) is 1. The van der Waals surface area contributed by atoms with Gasteiger partial charge in [-0.1, -0.05) is 42.5 Å². The van der Waals surface area contributed by atoms with Crippen molar-refractivity contribution in [3.05, 3.63) is 48.0 Å². The van der Waals surface area contributed by atoms with Gasteiger partial charge in [-0.3, -0.25) is 4.79 Å². The summed E-state index contributed by atoms with van der Waals surface area (Å²) in [6.45, 7) is 12.6. The smallest absolute Gasteiger partial charge is 0.408 e. The van der Waals surface area contributed by atoms with E-state index in [0.717, 1.165) is 6.42 Å². The van der Waals surface area contributed by atoms with Gasteiger partial charge in [0.2, 0.25) is 5.91 Å². The normalized spacial score (nSPS) is 21.2. The van der Waals surface area contributed by atoms with E-state index in [4.69, 9.17) is 9.47 Å². The standard InChI is InChI=1S/C31H43N3O5/c1-29(2,3)38-27(36)32-16-10-9-13-25(33-28(37)39-30(4,5)6)26(35)34-19-24-18-31(24,20-34)23-15-14-21-11-7-8-12-22(21)17-23/h7-8,11-12,14-15,17,24-25H,9-10,13,16,18-20H2,1-6H3,(H,32,36)(H,33,37)/t24-,25+,31+/m1/s1. The van der Waals surface area contributed by atoms with Crippen LogP contribution in [-0.4, -0.2) is 59.9 Å². The highest BCUT2D eigenvalue weighted by molar-refractivity contribution is 5.87. The molecule has 1 saturated carbocycles. The quantitative estimate of drug-likeness (QED) is 0.432. The zero-order chi connectivity index (χ0) is 28.4. The molecule has 0 bridgehead atoms. The van der Waals surface area contributed by atoms with Crippen LogP contribution in [0.3, 0.4) is 0 Å². The van der Waals surface area contributed by atoms with Crippen molar-refractivity contribution in [1.82, 2.24) is 15.5 Å². The van der Waals surface area contributed by atoms with Crippen LogP contribution in [0.2, 0.25) is 0 Å². The summed E-state index contributed by atoms with van der Waals surface area (Å²) in [5, 5.41) is 7.99. The average molecular weight is 538 g/mol. The fourth-order valence-electron chi connectivity index (χ4n) is 5.50. The minimum Gasteiger partial charge on any atom is -0.444 e. The Bertz CT molecular complexity index is 1210. The molecule has 2 aliphatic rings. The van der Waals surface area contributed by atoms with E-state index in [1.165, 1.54) is 16.3 Å². The minimum absolute atomic E-state index is 0.00645. The Morgan fingerprint density at radius 2 is 1.62 bits per heavy atom. The maximum Gasteiger partial charge on any atom is 0.408 e. The molecule has 1 saturated heterocycles. The molecule has 1 aliphatic carbocycles. The number of ether oxygens (including phenoxy) is 2. The second-order valence-corrected chi connectivity index (χ2v) is 13.0. The molecule has 3 atom stereocenters. The molecule has 1 aliphatic heterocycles. The molecule has 8 heteroatoms. The van der Waals surface area contributed by atoms with Crippen molar-refractivity contribution in [3.63, 3.8) is 0 Å². The third-order valence-corrected chi connectivity index (χ3v) is 7.36. The Hall–Kier alpha value is -3.29. The molecule has 0 radical (unpaired) electrons. The number of nitrogens with one attached hydrogen (secondary N) is 2. The molecule has 8 nitrogen and oxygen atoms in total. The molecule has 1 heterocycles. The van der Waals surface area contributed by atoms with Crippen molar-refractivity contribution in [1.29, 1.82) is 0 Å². The molecule has 4 rings (SSSR count). The van der Waals surface area contributed by atoms with Crippen LogP contribution in [0.4, 0.5) is 9.59 Å². The van der Waals surface area contributed by atoms with Crippen molar-refractivity contribution >= 4 is 28.9 Å². The zero-order valence-electron chi connectivity index (χ0n) is 24.1. The predicted octanol–water partition coefficient (Wildman–Crippen LogP) is 5.53. The van der Waals surface area contributed by atoms with Gasteiger partial charge in [-0.2, -0.15) is 0 Å². The fourth-order valence-corrected chi connectivity index (χ4v) is 5.50. The molecule has 212 valence electrons. The van der Waals surface area contributed by atoms with Crippen LogP contribution >= 0.6 is 0 Å². The molecular formula is C31H43N3O5. The highest BCUT2D eigenvalue weighted by Gasteiger charge is 2.61. The number of carbonyl (C=O) groups excluding carboxylic acids is 3. The van der Waals surface area contributed by atoms with Crippen molar-refractivity contribution < 1.29 is 23.9 Å². The summed E-state index contributed by atoms with van der Waals surface area (Å²) >= 11 is 0. The second kappa shape index (κ2) is 11.1. The van der Waals surface area contributed by atoms with E-state index in [0.29, 0.717) is 44.8 Å². The van der Waals surface area contributed by atoms with Crippen LogP contribution in [0.25, 0.3) is 10.8 Å². The van der Waals surface area contributed by atoms with Crippen molar-refractivity contribution in [2.45, 2.75) is 89.9 Å². The summed E-state index contributed by atoms with van der Waals surface area (Å²) in [5.41, 5.74) is 0.0590.